The van der Waals surface area contributed by atoms with E-state index in [1.165, 1.54) is 11.3 Å². The van der Waals surface area contributed by atoms with Gasteiger partial charge in [0.1, 0.15) is 0 Å². The molecule has 1 aromatic heterocycles. The highest BCUT2D eigenvalue weighted by molar-refractivity contribution is 9.10. The molecule has 5 nitrogen and oxygen atoms in total. The Hall–Kier alpha value is -2.86. The lowest BCUT2D eigenvalue weighted by atomic mass is 10.1. The van der Waals surface area contributed by atoms with E-state index >= 15 is 0 Å². The first kappa shape index (κ1) is 19.9. The van der Waals surface area contributed by atoms with Gasteiger partial charge in [-0.1, -0.05) is 41.1 Å². The minimum absolute atomic E-state index is 0.385. The van der Waals surface area contributed by atoms with Crippen molar-refractivity contribution in [1.29, 1.82) is 0 Å². The van der Waals surface area contributed by atoms with Crippen LogP contribution in [-0.4, -0.2) is 16.8 Å². The fraction of sp³-hybridized carbons (Fsp3) is 0.182. The Morgan fingerprint density at radius 2 is 1.86 bits per heavy atom. The number of amides is 2. The van der Waals surface area contributed by atoms with Crippen LogP contribution in [-0.2, 0) is 6.42 Å². The lowest BCUT2D eigenvalue weighted by Crippen LogP contribution is -2.24. The van der Waals surface area contributed by atoms with Crippen LogP contribution in [0.5, 0.6) is 0 Å². The molecule has 1 heterocycles. The molecule has 0 fully saturated rings. The smallest absolute Gasteiger partial charge is 0.318 e. The minimum Gasteiger partial charge on any atom is -0.318 e. The lowest BCUT2D eigenvalue weighted by Gasteiger charge is -2.13. The van der Waals surface area contributed by atoms with Gasteiger partial charge in [-0.2, -0.15) is 5.10 Å². The number of aryl methyl sites for hydroxylation is 2. The van der Waals surface area contributed by atoms with Crippen molar-refractivity contribution in [2.24, 2.45) is 5.10 Å². The molecular formula is C22H23BrN4O. The molecule has 0 radical (unpaired) electrons. The second-order valence-corrected chi connectivity index (χ2v) is 7.39. The highest BCUT2D eigenvalue weighted by Crippen LogP contribution is 2.23. The van der Waals surface area contributed by atoms with Crippen LogP contribution in [0.3, 0.4) is 0 Å². The fourth-order valence-electron chi connectivity index (χ4n) is 3.17. The van der Waals surface area contributed by atoms with Crippen molar-refractivity contribution in [2.75, 3.05) is 5.32 Å². The highest BCUT2D eigenvalue weighted by Gasteiger charge is 2.11. The molecule has 3 rings (SSSR count). The number of rotatable bonds is 5. The first-order valence-corrected chi connectivity index (χ1v) is 9.91. The average molecular weight is 439 g/mol. The number of benzene rings is 2. The van der Waals surface area contributed by atoms with Gasteiger partial charge in [-0.15, -0.1) is 0 Å². The number of anilines is 1. The number of hydrogen-bond acceptors (Lipinski definition) is 2. The third-order valence-corrected chi connectivity index (χ3v) is 5.08. The van der Waals surface area contributed by atoms with E-state index in [-0.39, 0.29) is 6.03 Å². The molecular weight excluding hydrogens is 416 g/mol. The first-order valence-electron chi connectivity index (χ1n) is 9.12. The van der Waals surface area contributed by atoms with Gasteiger partial charge in [-0.25, -0.2) is 10.2 Å². The van der Waals surface area contributed by atoms with Crippen LogP contribution in [0.2, 0.25) is 0 Å². The normalized spacial score (nSPS) is 11.0. The molecule has 0 unspecified atom stereocenters. The van der Waals surface area contributed by atoms with Crippen LogP contribution in [0, 0.1) is 13.8 Å². The van der Waals surface area contributed by atoms with Gasteiger partial charge in [-0.3, -0.25) is 0 Å². The summed E-state index contributed by atoms with van der Waals surface area (Å²) in [6, 6.07) is 17.4. The number of nitrogens with one attached hydrogen (secondary N) is 2. The van der Waals surface area contributed by atoms with Crippen molar-refractivity contribution in [3.8, 4) is 5.69 Å². The summed E-state index contributed by atoms with van der Waals surface area (Å²) in [5, 5.41) is 6.83. The molecule has 0 aliphatic heterocycles. The SMILES string of the molecule is CCc1ccccc1-n1c(C)cc(/C=N/NC(=O)Nc2ccc(Br)cc2)c1C. The van der Waals surface area contributed by atoms with E-state index in [0.29, 0.717) is 5.69 Å². The van der Waals surface area contributed by atoms with E-state index in [2.05, 4.69) is 87.4 Å². The fourth-order valence-corrected chi connectivity index (χ4v) is 3.43. The molecule has 0 bridgehead atoms. The van der Waals surface area contributed by atoms with Crippen molar-refractivity contribution < 1.29 is 4.79 Å². The molecule has 2 aromatic carbocycles. The van der Waals surface area contributed by atoms with Gasteiger partial charge < -0.3 is 9.88 Å². The largest absolute Gasteiger partial charge is 0.339 e. The molecule has 6 heteroatoms. The Kier molecular flexibility index (Phi) is 6.31. The van der Waals surface area contributed by atoms with Gasteiger partial charge in [-0.05, 0) is 62.2 Å². The van der Waals surface area contributed by atoms with Crippen LogP contribution in [0.4, 0.5) is 10.5 Å². The molecule has 0 saturated carbocycles. The second kappa shape index (κ2) is 8.89. The number of aromatic nitrogens is 1. The van der Waals surface area contributed by atoms with Crippen molar-refractivity contribution >= 4 is 33.9 Å². The minimum atomic E-state index is -0.385. The third-order valence-electron chi connectivity index (χ3n) is 4.56. The predicted molar refractivity (Wildman–Crippen MR) is 119 cm³/mol. The molecule has 0 aliphatic carbocycles. The van der Waals surface area contributed by atoms with Crippen molar-refractivity contribution in [2.45, 2.75) is 27.2 Å². The summed E-state index contributed by atoms with van der Waals surface area (Å²) in [7, 11) is 0. The predicted octanol–water partition coefficient (Wildman–Crippen LogP) is 5.57. The van der Waals surface area contributed by atoms with Gasteiger partial charge >= 0.3 is 6.03 Å². The van der Waals surface area contributed by atoms with E-state index < -0.39 is 0 Å². The van der Waals surface area contributed by atoms with E-state index in [9.17, 15) is 4.79 Å². The number of halogens is 1. The molecule has 2 N–H and O–H groups in total. The first-order chi connectivity index (χ1) is 13.5. The maximum atomic E-state index is 12.0. The topological polar surface area (TPSA) is 58.4 Å². The number of para-hydroxylation sites is 1. The lowest BCUT2D eigenvalue weighted by molar-refractivity contribution is 0.252. The van der Waals surface area contributed by atoms with Gasteiger partial charge in [0.2, 0.25) is 0 Å². The van der Waals surface area contributed by atoms with Crippen molar-refractivity contribution in [1.82, 2.24) is 9.99 Å². The summed E-state index contributed by atoms with van der Waals surface area (Å²) >= 11 is 3.37. The number of hydrazone groups is 1. The Balaban J connectivity index is 1.73. The molecule has 0 spiro atoms. The van der Waals surface area contributed by atoms with Gasteiger partial charge in [0.15, 0.2) is 0 Å². The molecule has 0 aliphatic rings. The summed E-state index contributed by atoms with van der Waals surface area (Å²) < 4.78 is 3.18. The second-order valence-electron chi connectivity index (χ2n) is 6.48. The third kappa shape index (κ3) is 4.51. The Morgan fingerprint density at radius 1 is 1.14 bits per heavy atom. The standard InChI is InChI=1S/C22H23BrN4O/c1-4-17-7-5-6-8-21(17)27-15(2)13-18(16(27)3)14-24-26-22(28)25-20-11-9-19(23)10-12-20/h5-14H,4H2,1-3H3,(H2,25,26,28)/b24-14+. The van der Waals surface area contributed by atoms with Crippen LogP contribution in [0.1, 0.15) is 29.4 Å². The van der Waals surface area contributed by atoms with E-state index in [1.54, 1.807) is 6.21 Å². The molecule has 2 amide bonds. The number of carbonyl (C=O) groups excluding carboxylic acids is 1. The Morgan fingerprint density at radius 3 is 2.57 bits per heavy atom. The summed E-state index contributed by atoms with van der Waals surface area (Å²) in [4.78, 5) is 12.0. The number of hydrogen-bond donors (Lipinski definition) is 2. The zero-order valence-corrected chi connectivity index (χ0v) is 17.7. The van der Waals surface area contributed by atoms with E-state index in [4.69, 9.17) is 0 Å². The van der Waals surface area contributed by atoms with Gasteiger partial charge in [0.05, 0.1) is 6.21 Å². The Labute approximate surface area is 173 Å². The van der Waals surface area contributed by atoms with Crippen LogP contribution in [0.25, 0.3) is 5.69 Å². The maximum absolute atomic E-state index is 12.0. The van der Waals surface area contributed by atoms with Crippen LogP contribution >= 0.6 is 15.9 Å². The molecule has 0 atom stereocenters. The highest BCUT2D eigenvalue weighted by atomic mass is 79.9. The summed E-state index contributed by atoms with van der Waals surface area (Å²) in [6.07, 6.45) is 2.64. The summed E-state index contributed by atoms with van der Waals surface area (Å²) in [5.41, 5.74) is 8.85. The molecule has 3 aromatic rings. The quantitative estimate of drug-likeness (QED) is 0.396. The zero-order chi connectivity index (χ0) is 20.1. The van der Waals surface area contributed by atoms with Crippen molar-refractivity contribution in [3.63, 3.8) is 0 Å². The molecule has 144 valence electrons. The van der Waals surface area contributed by atoms with Gasteiger partial charge in [0, 0.05) is 32.8 Å². The molecule has 0 saturated heterocycles. The number of urea groups is 1. The summed E-state index contributed by atoms with van der Waals surface area (Å²) in [6.45, 7) is 6.29. The van der Waals surface area contributed by atoms with Crippen molar-refractivity contribution in [3.05, 3.63) is 81.6 Å². The number of carbonyl (C=O) groups is 1. The monoisotopic (exact) mass is 438 g/mol. The zero-order valence-electron chi connectivity index (χ0n) is 16.2. The average Bonchev–Trinajstić information content (AvgIpc) is 2.97. The maximum Gasteiger partial charge on any atom is 0.339 e. The Bertz CT molecular complexity index is 1010. The molecule has 28 heavy (non-hydrogen) atoms. The van der Waals surface area contributed by atoms with Gasteiger partial charge in [0.25, 0.3) is 0 Å². The van der Waals surface area contributed by atoms with E-state index in [1.807, 2.05) is 24.3 Å². The van der Waals surface area contributed by atoms with Crippen LogP contribution < -0.4 is 10.7 Å². The van der Waals surface area contributed by atoms with Crippen LogP contribution in [0.15, 0.2) is 64.2 Å². The number of nitrogens with zero attached hydrogens (tertiary/aromatic N) is 2. The summed E-state index contributed by atoms with van der Waals surface area (Å²) in [5.74, 6) is 0. The van der Waals surface area contributed by atoms with E-state index in [0.717, 1.165) is 27.8 Å².